The zero-order chi connectivity index (χ0) is 14.8. The van der Waals surface area contributed by atoms with E-state index >= 15 is 0 Å². The third-order valence-corrected chi connectivity index (χ3v) is 4.80. The van der Waals surface area contributed by atoms with E-state index in [4.69, 9.17) is 4.74 Å². The quantitative estimate of drug-likeness (QED) is 0.819. The minimum absolute atomic E-state index is 0.319. The molecule has 20 heavy (non-hydrogen) atoms. The number of rotatable bonds is 4. The van der Waals surface area contributed by atoms with E-state index in [-0.39, 0.29) is 0 Å². The molecule has 1 saturated heterocycles. The van der Waals surface area contributed by atoms with Gasteiger partial charge in [-0.15, -0.1) is 0 Å². The van der Waals surface area contributed by atoms with E-state index in [2.05, 4.69) is 23.9 Å². The van der Waals surface area contributed by atoms with Gasteiger partial charge in [0.1, 0.15) is 12.4 Å². The van der Waals surface area contributed by atoms with E-state index in [0.717, 1.165) is 19.6 Å². The number of piperazine rings is 1. The van der Waals surface area contributed by atoms with Crippen LogP contribution in [0.4, 0.5) is 0 Å². The minimum Gasteiger partial charge on any atom is -0.492 e. The van der Waals surface area contributed by atoms with Crippen molar-refractivity contribution in [1.82, 2.24) is 9.80 Å². The van der Waals surface area contributed by atoms with Gasteiger partial charge in [0.25, 0.3) is 0 Å². The topological polar surface area (TPSA) is 49.9 Å². The lowest BCUT2D eigenvalue weighted by molar-refractivity contribution is 0.0781. The summed E-state index contributed by atoms with van der Waals surface area (Å²) in [7, 11) is 1.08. The van der Waals surface area contributed by atoms with Crippen LogP contribution >= 0.6 is 0 Å². The zero-order valence-electron chi connectivity index (χ0n) is 12.2. The highest BCUT2D eigenvalue weighted by molar-refractivity contribution is 7.90. The van der Waals surface area contributed by atoms with Crippen molar-refractivity contribution >= 4 is 9.84 Å². The predicted molar refractivity (Wildman–Crippen MR) is 79.0 cm³/mol. The number of sulfone groups is 1. The van der Waals surface area contributed by atoms with Gasteiger partial charge >= 0.3 is 0 Å². The first-order valence-electron chi connectivity index (χ1n) is 6.68. The van der Waals surface area contributed by atoms with Crippen molar-refractivity contribution in [2.24, 2.45) is 0 Å². The van der Waals surface area contributed by atoms with Crippen LogP contribution in [0.25, 0.3) is 0 Å². The predicted octanol–water partition coefficient (Wildman–Crippen LogP) is 0.715. The highest BCUT2D eigenvalue weighted by atomic mass is 32.2. The second kappa shape index (κ2) is 6.11. The SMILES string of the molecule is CN1CCN(C)[C@H](COc2ccc(S(C)(=O)=O)cc2)C1. The first-order valence-corrected chi connectivity index (χ1v) is 8.57. The first-order chi connectivity index (χ1) is 9.36. The maximum absolute atomic E-state index is 11.4. The lowest BCUT2D eigenvalue weighted by Crippen LogP contribution is -2.52. The van der Waals surface area contributed by atoms with Crippen molar-refractivity contribution in [2.75, 3.05) is 46.6 Å². The lowest BCUT2D eigenvalue weighted by Gasteiger charge is -2.37. The molecule has 0 amide bonds. The summed E-state index contributed by atoms with van der Waals surface area (Å²) in [6, 6.07) is 6.96. The Morgan fingerprint density at radius 1 is 1.20 bits per heavy atom. The fraction of sp³-hybridized carbons (Fsp3) is 0.571. The van der Waals surface area contributed by atoms with Crippen molar-refractivity contribution in [3.8, 4) is 5.75 Å². The number of hydrogen-bond donors (Lipinski definition) is 0. The van der Waals surface area contributed by atoms with Crippen LogP contribution in [0, 0.1) is 0 Å². The molecule has 0 spiro atoms. The summed E-state index contributed by atoms with van der Waals surface area (Å²) in [4.78, 5) is 4.91. The third-order valence-electron chi connectivity index (χ3n) is 3.67. The third kappa shape index (κ3) is 3.94. The number of ether oxygens (including phenoxy) is 1. The van der Waals surface area contributed by atoms with Gasteiger partial charge in [-0.2, -0.15) is 0 Å². The Morgan fingerprint density at radius 3 is 2.45 bits per heavy atom. The van der Waals surface area contributed by atoms with Crippen LogP contribution in [0.15, 0.2) is 29.2 Å². The highest BCUT2D eigenvalue weighted by Crippen LogP contribution is 2.17. The van der Waals surface area contributed by atoms with Crippen LogP contribution in [0.5, 0.6) is 5.75 Å². The molecule has 0 bridgehead atoms. The Kier molecular flexibility index (Phi) is 4.67. The molecule has 1 aromatic rings. The number of hydrogen-bond acceptors (Lipinski definition) is 5. The van der Waals surface area contributed by atoms with Crippen molar-refractivity contribution in [3.05, 3.63) is 24.3 Å². The minimum atomic E-state index is -3.14. The molecule has 1 atom stereocenters. The monoisotopic (exact) mass is 298 g/mol. The van der Waals surface area contributed by atoms with E-state index < -0.39 is 9.84 Å². The number of nitrogens with zero attached hydrogens (tertiary/aromatic N) is 2. The fourth-order valence-electron chi connectivity index (χ4n) is 2.26. The van der Waals surface area contributed by atoms with Gasteiger partial charge in [0.05, 0.1) is 10.9 Å². The maximum atomic E-state index is 11.4. The number of benzene rings is 1. The van der Waals surface area contributed by atoms with Crippen molar-refractivity contribution in [2.45, 2.75) is 10.9 Å². The van der Waals surface area contributed by atoms with Gasteiger partial charge in [0.2, 0.25) is 0 Å². The zero-order valence-corrected chi connectivity index (χ0v) is 13.1. The van der Waals surface area contributed by atoms with E-state index in [1.807, 2.05) is 0 Å². The maximum Gasteiger partial charge on any atom is 0.175 e. The molecule has 5 nitrogen and oxygen atoms in total. The highest BCUT2D eigenvalue weighted by Gasteiger charge is 2.22. The largest absolute Gasteiger partial charge is 0.492 e. The second-order valence-electron chi connectivity index (χ2n) is 5.45. The lowest BCUT2D eigenvalue weighted by atomic mass is 10.2. The van der Waals surface area contributed by atoms with Crippen molar-refractivity contribution in [1.29, 1.82) is 0 Å². The van der Waals surface area contributed by atoms with Gasteiger partial charge in [-0.05, 0) is 38.4 Å². The molecule has 0 aliphatic carbocycles. The molecule has 1 aliphatic rings. The van der Waals surface area contributed by atoms with Crippen molar-refractivity contribution in [3.63, 3.8) is 0 Å². The van der Waals surface area contributed by atoms with E-state index in [9.17, 15) is 8.42 Å². The molecule has 0 radical (unpaired) electrons. The molecule has 2 rings (SSSR count). The number of likely N-dealkylation sites (N-methyl/N-ethyl adjacent to an activating group) is 2. The van der Waals surface area contributed by atoms with Crippen LogP contribution in [0.2, 0.25) is 0 Å². The van der Waals surface area contributed by atoms with E-state index in [1.54, 1.807) is 24.3 Å². The average molecular weight is 298 g/mol. The smallest absolute Gasteiger partial charge is 0.175 e. The molecule has 0 N–H and O–H groups in total. The summed E-state index contributed by atoms with van der Waals surface area (Å²) in [6.45, 7) is 3.71. The average Bonchev–Trinajstić information content (AvgIpc) is 2.39. The molecule has 0 aromatic heterocycles. The van der Waals surface area contributed by atoms with Crippen LogP contribution in [-0.4, -0.2) is 70.9 Å². The van der Waals surface area contributed by atoms with Gasteiger partial charge in [0, 0.05) is 25.9 Å². The van der Waals surface area contributed by atoms with E-state index in [1.165, 1.54) is 6.26 Å². The Bertz CT molecular complexity index is 542. The standard InChI is InChI=1S/C14H22N2O3S/c1-15-8-9-16(2)12(10-15)11-19-13-4-6-14(7-5-13)20(3,17)18/h4-7,12H,8-11H2,1-3H3/t12-/m0/s1. The summed E-state index contributed by atoms with van der Waals surface area (Å²) in [6.07, 6.45) is 1.20. The van der Waals surface area contributed by atoms with Crippen LogP contribution in [-0.2, 0) is 9.84 Å². The Balaban J connectivity index is 1.94. The molecular formula is C14H22N2O3S. The first kappa shape index (κ1) is 15.3. The van der Waals surface area contributed by atoms with Crippen LogP contribution < -0.4 is 4.74 Å². The summed E-state index contributed by atoms with van der Waals surface area (Å²) in [5.74, 6) is 0.707. The van der Waals surface area contributed by atoms with Gasteiger partial charge in [-0.25, -0.2) is 8.42 Å². The molecule has 6 heteroatoms. The molecule has 0 saturated carbocycles. The van der Waals surface area contributed by atoms with Crippen LogP contribution in [0.3, 0.4) is 0 Å². The Morgan fingerprint density at radius 2 is 1.85 bits per heavy atom. The molecule has 1 heterocycles. The van der Waals surface area contributed by atoms with Gasteiger partial charge < -0.3 is 9.64 Å². The van der Waals surface area contributed by atoms with Gasteiger partial charge in [0.15, 0.2) is 9.84 Å². The molecule has 1 fully saturated rings. The van der Waals surface area contributed by atoms with E-state index in [0.29, 0.717) is 23.3 Å². The summed E-state index contributed by atoms with van der Waals surface area (Å²) >= 11 is 0. The van der Waals surface area contributed by atoms with Gasteiger partial charge in [-0.1, -0.05) is 0 Å². The van der Waals surface area contributed by atoms with Crippen LogP contribution in [0.1, 0.15) is 0 Å². The molecular weight excluding hydrogens is 276 g/mol. The fourth-order valence-corrected chi connectivity index (χ4v) is 2.89. The molecule has 1 aromatic carbocycles. The Labute approximate surface area is 121 Å². The summed E-state index contributed by atoms with van der Waals surface area (Å²) in [5.41, 5.74) is 0. The summed E-state index contributed by atoms with van der Waals surface area (Å²) in [5, 5.41) is 0. The second-order valence-corrected chi connectivity index (χ2v) is 7.47. The molecule has 1 aliphatic heterocycles. The normalized spacial score (nSPS) is 21.9. The Hall–Kier alpha value is -1.11. The summed E-state index contributed by atoms with van der Waals surface area (Å²) < 4.78 is 28.5. The molecule has 0 unspecified atom stereocenters. The van der Waals surface area contributed by atoms with Crippen molar-refractivity contribution < 1.29 is 13.2 Å². The molecule has 112 valence electrons. The van der Waals surface area contributed by atoms with Gasteiger partial charge in [-0.3, -0.25) is 4.90 Å².